The summed E-state index contributed by atoms with van der Waals surface area (Å²) >= 11 is 0. The number of aliphatic hydroxyl groups excluding tert-OH is 7. The topological polar surface area (TPSA) is 370 Å². The van der Waals surface area contributed by atoms with Crippen molar-refractivity contribution in [3.63, 3.8) is 0 Å². The number of nitrogens with one attached hydrogen (secondary N) is 2. The molecule has 3 heterocycles. The zero-order chi connectivity index (χ0) is 38.7. The van der Waals surface area contributed by atoms with Gasteiger partial charge in [-0.3, -0.25) is 13.8 Å². The molecule has 0 unspecified atom stereocenters. The van der Waals surface area contributed by atoms with E-state index in [1.807, 2.05) is 0 Å². The van der Waals surface area contributed by atoms with Crippen molar-refractivity contribution < 1.29 is 120 Å². The van der Waals surface area contributed by atoms with Crippen LogP contribution < -0.4 is 40.2 Å². The smallest absolute Gasteiger partial charge is 0.726 e. The molecule has 0 spiro atoms. The van der Waals surface area contributed by atoms with Crippen molar-refractivity contribution in [3.05, 3.63) is 10.4 Å². The quantitative estimate of drug-likeness (QED) is 0.0118. The molecule has 26 heteroatoms. The molecule has 0 aromatic heterocycles. The summed E-state index contributed by atoms with van der Waals surface area (Å²) < 4.78 is 71.7. The van der Waals surface area contributed by atoms with E-state index in [9.17, 15) is 58.3 Å². The van der Waals surface area contributed by atoms with E-state index in [1.165, 1.54) is 0 Å². The second kappa shape index (κ2) is 22.4. The number of unbranched alkanes of at least 4 members (excludes halogenated alkanes) is 2. The molecular weight excluding hydrogens is 753 g/mol. The van der Waals surface area contributed by atoms with Gasteiger partial charge in [-0.1, -0.05) is 11.5 Å². The Kier molecular flexibility index (Phi) is 20.2. The molecule has 0 radical (unpaired) electrons. The number of ether oxygens (including phenoxy) is 6. The molecule has 0 aliphatic carbocycles. The fourth-order valence-corrected chi connectivity index (χ4v) is 6.03. The Balaban J connectivity index is 0.00000972. The van der Waals surface area contributed by atoms with Crippen LogP contribution in [0.15, 0.2) is 5.11 Å². The van der Waals surface area contributed by atoms with Gasteiger partial charge in [0.2, 0.25) is 22.2 Å². The maximum Gasteiger partial charge on any atom is 1.00 e. The van der Waals surface area contributed by atoms with E-state index in [0.717, 1.165) is 13.8 Å². The molecule has 9 N–H and O–H groups in total. The third-order valence-electron chi connectivity index (χ3n) is 8.30. The van der Waals surface area contributed by atoms with Crippen LogP contribution in [0.1, 0.15) is 33.1 Å². The Bertz CT molecular complexity index is 1320. The second-order valence-electron chi connectivity index (χ2n) is 12.2. The molecule has 3 aliphatic heterocycles. The summed E-state index contributed by atoms with van der Waals surface area (Å²) in [5, 5.41) is 82.0. The molecule has 2 amide bonds. The molecule has 24 nitrogen and oxygen atoms in total. The number of carbonyl (C=O) groups is 2. The van der Waals surface area contributed by atoms with Crippen LogP contribution in [0.4, 0.5) is 0 Å². The number of aliphatic hydroxyl groups is 7. The zero-order valence-electron chi connectivity index (χ0n) is 29.1. The number of azide groups is 1. The van der Waals surface area contributed by atoms with E-state index in [1.54, 1.807) is 0 Å². The van der Waals surface area contributed by atoms with Gasteiger partial charge < -0.3 is 79.4 Å². The van der Waals surface area contributed by atoms with Gasteiger partial charge in [0.1, 0.15) is 73.1 Å². The largest absolute Gasteiger partial charge is 1.00 e. The Labute approximate surface area is 325 Å². The van der Waals surface area contributed by atoms with E-state index in [-0.39, 0.29) is 42.7 Å². The molecule has 0 saturated carbocycles. The first-order valence-electron chi connectivity index (χ1n) is 16.2. The van der Waals surface area contributed by atoms with Crippen LogP contribution in [0.2, 0.25) is 0 Å². The van der Waals surface area contributed by atoms with E-state index < -0.39 is 134 Å². The molecule has 0 aromatic carbocycles. The Morgan fingerprint density at radius 2 is 1.34 bits per heavy atom. The normalized spacial score (nSPS) is 37.5. The molecule has 15 atom stereocenters. The summed E-state index contributed by atoms with van der Waals surface area (Å²) in [7, 11) is -5.28. The number of hydrogen-bond donors (Lipinski definition) is 9. The van der Waals surface area contributed by atoms with Gasteiger partial charge in [-0.25, -0.2) is 8.42 Å². The maximum atomic E-state index is 12.3. The number of rotatable bonds is 18. The van der Waals surface area contributed by atoms with Crippen molar-refractivity contribution in [2.45, 2.75) is 125 Å². The fourth-order valence-electron chi connectivity index (χ4n) is 5.73. The van der Waals surface area contributed by atoms with Gasteiger partial charge in [0.15, 0.2) is 18.9 Å². The number of nitrogens with zero attached hydrogens (tertiary/aromatic N) is 3. The molecule has 300 valence electrons. The monoisotopic (exact) mass is 799 g/mol. The summed E-state index contributed by atoms with van der Waals surface area (Å²) in [4.78, 5) is 26.9. The summed E-state index contributed by atoms with van der Waals surface area (Å²) in [6.07, 6.45) is -20.9. The zero-order valence-corrected chi connectivity index (χ0v) is 31.9. The molecule has 3 aliphatic rings. The molecule has 3 fully saturated rings. The van der Waals surface area contributed by atoms with E-state index in [4.69, 9.17) is 34.0 Å². The maximum absolute atomic E-state index is 12.3. The van der Waals surface area contributed by atoms with Gasteiger partial charge in [0.25, 0.3) is 0 Å². The van der Waals surface area contributed by atoms with Gasteiger partial charge in [-0.2, -0.15) is 0 Å². The van der Waals surface area contributed by atoms with Crippen LogP contribution in [0.5, 0.6) is 0 Å². The van der Waals surface area contributed by atoms with Gasteiger partial charge in [0.05, 0.1) is 19.8 Å². The third-order valence-corrected chi connectivity index (χ3v) is 8.73. The Morgan fingerprint density at radius 1 is 0.774 bits per heavy atom. The average molecular weight is 800 g/mol. The van der Waals surface area contributed by atoms with Crippen molar-refractivity contribution in [3.8, 4) is 0 Å². The number of hydrogen-bond acceptors (Lipinski definition) is 20. The number of amides is 2. The van der Waals surface area contributed by atoms with Gasteiger partial charge >= 0.3 is 29.6 Å². The molecule has 0 aromatic rings. The van der Waals surface area contributed by atoms with Crippen molar-refractivity contribution in [1.29, 1.82) is 0 Å². The van der Waals surface area contributed by atoms with Crippen LogP contribution in [0.25, 0.3) is 10.4 Å². The van der Waals surface area contributed by atoms with Gasteiger partial charge in [-0.05, 0) is 18.4 Å². The van der Waals surface area contributed by atoms with E-state index in [0.29, 0.717) is 19.3 Å². The fraction of sp³-hybridized carbons (Fsp3) is 0.926. The Hall–Kier alpha value is -1.40. The summed E-state index contributed by atoms with van der Waals surface area (Å²) in [5.74, 6) is -1.31. The first-order valence-corrected chi connectivity index (χ1v) is 17.5. The van der Waals surface area contributed by atoms with Crippen molar-refractivity contribution in [2.24, 2.45) is 5.11 Å². The van der Waals surface area contributed by atoms with E-state index in [2.05, 4.69) is 24.8 Å². The van der Waals surface area contributed by atoms with Gasteiger partial charge in [0, 0.05) is 31.9 Å². The van der Waals surface area contributed by atoms with Crippen molar-refractivity contribution in [2.75, 3.05) is 33.0 Å². The summed E-state index contributed by atoms with van der Waals surface area (Å²) in [5.41, 5.74) is 8.46. The minimum atomic E-state index is -5.28. The summed E-state index contributed by atoms with van der Waals surface area (Å²) in [6.45, 7) is -0.0205. The van der Waals surface area contributed by atoms with Crippen LogP contribution >= 0.6 is 0 Å². The molecule has 3 saturated heterocycles. The van der Waals surface area contributed by atoms with E-state index >= 15 is 0 Å². The number of carbonyl (C=O) groups excluding carboxylic acids is 2. The van der Waals surface area contributed by atoms with Crippen LogP contribution in [0.3, 0.4) is 0 Å². The average Bonchev–Trinajstić information content (AvgIpc) is 3.07. The molecule has 0 bridgehead atoms. The predicted molar refractivity (Wildman–Crippen MR) is 165 cm³/mol. The van der Waals surface area contributed by atoms with Crippen LogP contribution in [-0.2, 0) is 52.6 Å². The Morgan fingerprint density at radius 3 is 1.94 bits per heavy atom. The molecule has 53 heavy (non-hydrogen) atoms. The van der Waals surface area contributed by atoms with Crippen LogP contribution in [0, 0.1) is 0 Å². The minimum absolute atomic E-state index is 0. The predicted octanol–water partition coefficient (Wildman–Crippen LogP) is -8.29. The first-order chi connectivity index (χ1) is 24.5. The van der Waals surface area contributed by atoms with Crippen molar-refractivity contribution >= 4 is 22.2 Å². The third kappa shape index (κ3) is 13.9. The standard InChI is InChI=1S/C27H47N5O19S.Na/c1-11(34)30-16-21(39)18(36)13(8-33)48-25(16)46-9-14-20(38)24(17(31-12(2)35)26(49-14)45-7-5-3-4-6-29-32-28)51-27-23(41)22(40)19(37)15(50-27)10-47-52(42,43)44;/h13-27,33,36-41H,3-10H2,1-2H3,(H,30,34)(H,31,35)(H,42,43,44);/q;+1/p-1/t13-,14-,15-,16-,17-,18+,19-,20+,21-,22+,23-,24-,25-,26-,27+;/m1./s1. The van der Waals surface area contributed by atoms with Gasteiger partial charge in [-0.15, -0.1) is 0 Å². The van der Waals surface area contributed by atoms with Crippen molar-refractivity contribution in [1.82, 2.24) is 10.6 Å². The first kappa shape index (κ1) is 47.8. The molecular formula is C27H46N5NaO19S. The minimum Gasteiger partial charge on any atom is -0.726 e. The second-order valence-corrected chi connectivity index (χ2v) is 13.3. The summed E-state index contributed by atoms with van der Waals surface area (Å²) in [6, 6.07) is -2.76. The van der Waals surface area contributed by atoms with Crippen LogP contribution in [-0.4, -0.2) is 185 Å². The molecule has 3 rings (SSSR count). The SMILES string of the molecule is CC(=O)N[C@H]1[C@H](OC[C@H]2O[C@@H](OCCCCCN=[N+]=[N-])[C@H](NC(C)=O)[C@@H](O[C@@H]3O[C@H](COS(=O)(=O)[O-])[C@@H](O)[C@H](O)[C@H]3O)[C@H]2O)O[C@H](CO)[C@H](O)[C@@H]1O.[Na+].